The molecule has 1 unspecified atom stereocenters. The molecule has 1 amide bonds. The maximum absolute atomic E-state index is 14.0. The third kappa shape index (κ3) is 5.07. The molecule has 152 valence electrons. The molecular formula is C21H18BrF2NO4. The largest absolute Gasteiger partial charge is 0.488 e. The Bertz CT molecular complexity index is 964. The van der Waals surface area contributed by atoms with E-state index < -0.39 is 17.7 Å². The van der Waals surface area contributed by atoms with Crippen molar-refractivity contribution in [3.8, 4) is 5.75 Å². The molecule has 0 bridgehead atoms. The smallest absolute Gasteiger partial charge is 0.231 e. The first-order valence-electron chi connectivity index (χ1n) is 8.88. The highest BCUT2D eigenvalue weighted by Gasteiger charge is 2.29. The summed E-state index contributed by atoms with van der Waals surface area (Å²) in [5.41, 5.74) is 0.994. The molecule has 0 saturated heterocycles. The van der Waals surface area contributed by atoms with Crippen LogP contribution in [-0.4, -0.2) is 34.9 Å². The predicted molar refractivity (Wildman–Crippen MR) is 105 cm³/mol. The number of aliphatic hydroxyl groups is 1. The number of halogens is 3. The zero-order valence-electron chi connectivity index (χ0n) is 15.3. The average Bonchev–Trinajstić information content (AvgIpc) is 2.69. The first-order valence-corrected chi connectivity index (χ1v) is 9.67. The number of hydrogen-bond acceptors (Lipinski definition) is 4. The van der Waals surface area contributed by atoms with E-state index in [2.05, 4.69) is 15.9 Å². The SMILES string of the molecule is O=C1C=CN(C(=O)Cc2cc(OCCO)c(F)cc2Br)C(c2cccc(F)c2)C1. The van der Waals surface area contributed by atoms with Gasteiger partial charge in [0.15, 0.2) is 17.3 Å². The van der Waals surface area contributed by atoms with Gasteiger partial charge in [0.2, 0.25) is 5.91 Å². The quantitative estimate of drug-likeness (QED) is 0.706. The Morgan fingerprint density at radius 1 is 1.28 bits per heavy atom. The first-order chi connectivity index (χ1) is 13.9. The molecule has 3 rings (SSSR count). The Balaban J connectivity index is 1.86. The van der Waals surface area contributed by atoms with E-state index in [1.807, 2.05) is 0 Å². The summed E-state index contributed by atoms with van der Waals surface area (Å²) in [6.07, 6.45) is 2.65. The van der Waals surface area contributed by atoms with E-state index in [1.54, 1.807) is 6.07 Å². The van der Waals surface area contributed by atoms with Crippen LogP contribution in [0.4, 0.5) is 8.78 Å². The number of hydrogen-bond donors (Lipinski definition) is 1. The Morgan fingerprint density at radius 2 is 2.07 bits per heavy atom. The van der Waals surface area contributed by atoms with E-state index in [9.17, 15) is 18.4 Å². The molecule has 5 nitrogen and oxygen atoms in total. The first kappa shape index (κ1) is 21.1. The van der Waals surface area contributed by atoms with E-state index in [-0.39, 0.29) is 43.5 Å². The monoisotopic (exact) mass is 465 g/mol. The van der Waals surface area contributed by atoms with Crippen LogP contribution < -0.4 is 4.74 Å². The molecule has 29 heavy (non-hydrogen) atoms. The lowest BCUT2D eigenvalue weighted by molar-refractivity contribution is -0.131. The number of carbonyl (C=O) groups excluding carboxylic acids is 2. The number of benzene rings is 2. The van der Waals surface area contributed by atoms with E-state index in [0.717, 1.165) is 0 Å². The second-order valence-electron chi connectivity index (χ2n) is 6.48. The van der Waals surface area contributed by atoms with Gasteiger partial charge in [-0.25, -0.2) is 8.78 Å². The number of carbonyl (C=O) groups is 2. The van der Waals surface area contributed by atoms with Crippen molar-refractivity contribution in [3.63, 3.8) is 0 Å². The Labute approximate surface area is 174 Å². The van der Waals surface area contributed by atoms with Crippen LogP contribution in [0.3, 0.4) is 0 Å². The summed E-state index contributed by atoms with van der Waals surface area (Å²) in [6.45, 7) is -0.351. The number of allylic oxidation sites excluding steroid dienone is 1. The fourth-order valence-corrected chi connectivity index (χ4v) is 3.56. The fraction of sp³-hybridized carbons (Fsp3) is 0.238. The molecule has 1 aliphatic rings. The van der Waals surface area contributed by atoms with Crippen molar-refractivity contribution in [3.05, 3.63) is 75.9 Å². The summed E-state index contributed by atoms with van der Waals surface area (Å²) >= 11 is 3.24. The van der Waals surface area contributed by atoms with E-state index in [0.29, 0.717) is 15.6 Å². The van der Waals surface area contributed by atoms with Crippen LogP contribution >= 0.6 is 15.9 Å². The van der Waals surface area contributed by atoms with Gasteiger partial charge in [0, 0.05) is 17.1 Å². The Kier molecular flexibility index (Phi) is 6.76. The lowest BCUT2D eigenvalue weighted by Crippen LogP contribution is -2.35. The molecule has 0 spiro atoms. The highest BCUT2D eigenvalue weighted by Crippen LogP contribution is 2.31. The summed E-state index contributed by atoms with van der Waals surface area (Å²) in [5, 5.41) is 8.86. The molecule has 0 fully saturated rings. The minimum Gasteiger partial charge on any atom is -0.488 e. The zero-order chi connectivity index (χ0) is 21.0. The molecule has 1 N–H and O–H groups in total. The number of rotatable bonds is 6. The van der Waals surface area contributed by atoms with E-state index in [1.165, 1.54) is 47.5 Å². The van der Waals surface area contributed by atoms with Gasteiger partial charge in [-0.3, -0.25) is 9.59 Å². The maximum Gasteiger partial charge on any atom is 0.231 e. The molecule has 1 atom stereocenters. The molecule has 0 aromatic heterocycles. The third-order valence-corrected chi connectivity index (χ3v) is 5.20. The Hall–Kier alpha value is -2.58. The molecule has 1 aliphatic heterocycles. The van der Waals surface area contributed by atoms with Crippen molar-refractivity contribution >= 4 is 27.6 Å². The second-order valence-corrected chi connectivity index (χ2v) is 7.34. The number of amides is 1. The third-order valence-electron chi connectivity index (χ3n) is 4.46. The number of nitrogens with zero attached hydrogens (tertiary/aromatic N) is 1. The van der Waals surface area contributed by atoms with Crippen molar-refractivity contribution < 1.29 is 28.2 Å². The molecule has 8 heteroatoms. The van der Waals surface area contributed by atoms with Crippen LogP contribution in [0.5, 0.6) is 5.75 Å². The van der Waals surface area contributed by atoms with Crippen molar-refractivity contribution in [1.29, 1.82) is 0 Å². The van der Waals surface area contributed by atoms with Gasteiger partial charge < -0.3 is 14.7 Å². The topological polar surface area (TPSA) is 66.8 Å². The standard InChI is InChI=1S/C21H18BrF2NO4/c22-17-12-18(24)20(29-7-6-26)9-14(17)10-21(28)25-5-4-16(27)11-19(25)13-2-1-3-15(23)8-13/h1-5,8-9,12,19,26H,6-7,10-11H2. The number of aliphatic hydroxyl groups excluding tert-OH is 1. The minimum absolute atomic E-state index is 0.0428. The van der Waals surface area contributed by atoms with Gasteiger partial charge in [0.1, 0.15) is 12.4 Å². The van der Waals surface area contributed by atoms with Gasteiger partial charge in [-0.1, -0.05) is 28.1 Å². The zero-order valence-corrected chi connectivity index (χ0v) is 16.9. The molecule has 2 aromatic carbocycles. The van der Waals surface area contributed by atoms with Crippen LogP contribution in [0.25, 0.3) is 0 Å². The number of ether oxygens (including phenoxy) is 1. The van der Waals surface area contributed by atoms with Crippen LogP contribution in [0.1, 0.15) is 23.6 Å². The van der Waals surface area contributed by atoms with Gasteiger partial charge in [0.25, 0.3) is 0 Å². The van der Waals surface area contributed by atoms with Crippen molar-refractivity contribution in [2.75, 3.05) is 13.2 Å². The van der Waals surface area contributed by atoms with Gasteiger partial charge in [-0.05, 0) is 41.5 Å². The van der Waals surface area contributed by atoms with Crippen LogP contribution in [0.15, 0.2) is 53.1 Å². The van der Waals surface area contributed by atoms with Crippen molar-refractivity contribution in [1.82, 2.24) is 4.90 Å². The van der Waals surface area contributed by atoms with Gasteiger partial charge >= 0.3 is 0 Å². The highest BCUT2D eigenvalue weighted by atomic mass is 79.9. The van der Waals surface area contributed by atoms with Gasteiger partial charge in [-0.15, -0.1) is 0 Å². The van der Waals surface area contributed by atoms with Gasteiger partial charge in [-0.2, -0.15) is 0 Å². The van der Waals surface area contributed by atoms with E-state index in [4.69, 9.17) is 9.84 Å². The predicted octanol–water partition coefficient (Wildman–Crippen LogP) is 3.70. The molecular weight excluding hydrogens is 448 g/mol. The molecule has 0 radical (unpaired) electrons. The minimum atomic E-state index is -0.625. The molecule has 0 aliphatic carbocycles. The summed E-state index contributed by atoms with van der Waals surface area (Å²) in [4.78, 5) is 26.3. The summed E-state index contributed by atoms with van der Waals surface area (Å²) < 4.78 is 33.2. The Morgan fingerprint density at radius 3 is 2.79 bits per heavy atom. The van der Waals surface area contributed by atoms with Crippen LogP contribution in [-0.2, 0) is 16.0 Å². The average molecular weight is 466 g/mol. The van der Waals surface area contributed by atoms with Crippen molar-refractivity contribution in [2.45, 2.75) is 18.9 Å². The summed E-state index contributed by atoms with van der Waals surface area (Å²) in [6, 6.07) is 7.73. The fourth-order valence-electron chi connectivity index (χ4n) is 3.10. The molecule has 0 saturated carbocycles. The summed E-state index contributed by atoms with van der Waals surface area (Å²) in [7, 11) is 0. The lowest BCUT2D eigenvalue weighted by atomic mass is 9.96. The highest BCUT2D eigenvalue weighted by molar-refractivity contribution is 9.10. The molecule has 2 aromatic rings. The second kappa shape index (κ2) is 9.28. The van der Waals surface area contributed by atoms with Crippen LogP contribution in [0.2, 0.25) is 0 Å². The number of ketones is 1. The van der Waals surface area contributed by atoms with Gasteiger partial charge in [0.05, 0.1) is 19.1 Å². The lowest BCUT2D eigenvalue weighted by Gasteiger charge is -2.31. The normalized spacial score (nSPS) is 16.2. The van der Waals surface area contributed by atoms with E-state index >= 15 is 0 Å². The molecule has 1 heterocycles. The summed E-state index contributed by atoms with van der Waals surface area (Å²) in [5.74, 6) is -1.66. The van der Waals surface area contributed by atoms with Crippen LogP contribution in [0, 0.1) is 11.6 Å². The van der Waals surface area contributed by atoms with Crippen molar-refractivity contribution in [2.24, 2.45) is 0 Å². The maximum atomic E-state index is 14.0.